The first-order chi connectivity index (χ1) is 7.77. The van der Waals surface area contributed by atoms with Gasteiger partial charge in [0.1, 0.15) is 0 Å². The highest BCUT2D eigenvalue weighted by Crippen LogP contribution is 2.41. The Morgan fingerprint density at radius 1 is 1.38 bits per heavy atom. The van der Waals surface area contributed by atoms with Gasteiger partial charge in [0.15, 0.2) is 0 Å². The first-order valence-corrected chi connectivity index (χ1v) is 6.20. The molecule has 3 nitrogen and oxygen atoms in total. The van der Waals surface area contributed by atoms with E-state index in [0.29, 0.717) is 12.0 Å². The monoisotopic (exact) mass is 233 g/mol. The lowest BCUT2D eigenvalue weighted by Crippen LogP contribution is -2.26. The maximum atomic E-state index is 11.2. The number of fused-ring (bicyclic) bond motifs is 3. The Bertz CT molecular complexity index is 496. The number of carbonyl (C=O) groups is 1. The molecule has 1 fully saturated rings. The van der Waals surface area contributed by atoms with Crippen LogP contribution in [0.2, 0.25) is 0 Å². The van der Waals surface area contributed by atoms with E-state index in [1.807, 2.05) is 18.2 Å². The van der Waals surface area contributed by atoms with Crippen molar-refractivity contribution in [3.05, 3.63) is 40.4 Å². The Hall–Kier alpha value is -1.42. The molecule has 1 aromatic carbocycles. The zero-order valence-electron chi connectivity index (χ0n) is 8.64. The van der Waals surface area contributed by atoms with E-state index in [1.54, 1.807) is 11.8 Å². The Balaban J connectivity index is 2.15. The number of para-hydroxylation sites is 1. The summed E-state index contributed by atoms with van der Waals surface area (Å²) in [6.07, 6.45) is 0.546. The fourth-order valence-electron chi connectivity index (χ4n) is 2.25. The van der Waals surface area contributed by atoms with Crippen LogP contribution in [0.5, 0.6) is 0 Å². The Morgan fingerprint density at radius 3 is 3.00 bits per heavy atom. The maximum absolute atomic E-state index is 11.2. The number of thioether (sulfide) groups is 1. The first-order valence-electron chi connectivity index (χ1n) is 5.22. The van der Waals surface area contributed by atoms with Gasteiger partial charge in [-0.05, 0) is 11.6 Å². The Morgan fingerprint density at radius 2 is 2.19 bits per heavy atom. The van der Waals surface area contributed by atoms with Crippen LogP contribution in [0.25, 0.3) is 0 Å². The Labute approximate surface area is 97.8 Å². The lowest BCUT2D eigenvalue weighted by Gasteiger charge is -2.28. The van der Waals surface area contributed by atoms with Gasteiger partial charge in [0.2, 0.25) is 0 Å². The van der Waals surface area contributed by atoms with E-state index in [4.69, 9.17) is 0 Å². The quantitative estimate of drug-likeness (QED) is 0.806. The van der Waals surface area contributed by atoms with Gasteiger partial charge in [0, 0.05) is 24.4 Å². The van der Waals surface area contributed by atoms with E-state index < -0.39 is 5.97 Å². The van der Waals surface area contributed by atoms with Crippen LogP contribution in [0.1, 0.15) is 5.56 Å². The summed E-state index contributed by atoms with van der Waals surface area (Å²) in [5, 5.41) is 10.1. The molecule has 0 radical (unpaired) electrons. The molecule has 1 aromatic rings. The number of rotatable bonds is 1. The molecule has 0 atom stereocenters. The van der Waals surface area contributed by atoms with Crippen LogP contribution in [0, 0.1) is 0 Å². The molecular weight excluding hydrogens is 222 g/mol. The van der Waals surface area contributed by atoms with E-state index in [0.717, 1.165) is 22.9 Å². The summed E-state index contributed by atoms with van der Waals surface area (Å²) in [7, 11) is 0. The van der Waals surface area contributed by atoms with E-state index >= 15 is 0 Å². The van der Waals surface area contributed by atoms with Crippen molar-refractivity contribution >= 4 is 23.4 Å². The van der Waals surface area contributed by atoms with Gasteiger partial charge in [-0.1, -0.05) is 18.2 Å². The number of benzene rings is 1. The van der Waals surface area contributed by atoms with Gasteiger partial charge in [0.25, 0.3) is 0 Å². The molecule has 0 aromatic heterocycles. The first kappa shape index (κ1) is 9.78. The molecule has 1 N–H and O–H groups in total. The van der Waals surface area contributed by atoms with Crippen LogP contribution in [-0.2, 0) is 11.2 Å². The number of anilines is 1. The second-order valence-electron chi connectivity index (χ2n) is 3.89. The van der Waals surface area contributed by atoms with Gasteiger partial charge in [-0.25, -0.2) is 4.79 Å². The largest absolute Gasteiger partial charge is 0.478 e. The van der Waals surface area contributed by atoms with Crippen molar-refractivity contribution in [1.82, 2.24) is 0 Å². The standard InChI is InChI=1S/C12H11NO2S/c14-12(15)9-7-8-3-1-2-4-10(8)13-5-6-16-11(9)13/h1-4H,5-7H2,(H,14,15). The second-order valence-corrected chi connectivity index (χ2v) is 4.98. The molecule has 2 aliphatic heterocycles. The minimum absolute atomic E-state index is 0.543. The van der Waals surface area contributed by atoms with Crippen LogP contribution in [0.15, 0.2) is 34.9 Å². The topological polar surface area (TPSA) is 40.5 Å². The predicted octanol–water partition coefficient (Wildman–Crippen LogP) is 2.09. The molecule has 2 aliphatic rings. The average Bonchev–Trinajstić information content (AvgIpc) is 2.76. The van der Waals surface area contributed by atoms with Crippen molar-refractivity contribution in [3.63, 3.8) is 0 Å². The second kappa shape index (κ2) is 3.56. The summed E-state index contributed by atoms with van der Waals surface area (Å²) in [5.74, 6) is 0.185. The third-order valence-corrected chi connectivity index (χ3v) is 4.09. The normalized spacial score (nSPS) is 18.4. The third-order valence-electron chi connectivity index (χ3n) is 2.96. The number of nitrogens with zero attached hydrogens (tertiary/aromatic N) is 1. The SMILES string of the molecule is O=C(O)C1=C2SCCN2c2ccccc2C1. The van der Waals surface area contributed by atoms with Gasteiger partial charge < -0.3 is 10.0 Å². The Kier molecular flexibility index (Phi) is 2.17. The third kappa shape index (κ3) is 1.33. The van der Waals surface area contributed by atoms with Crippen LogP contribution in [-0.4, -0.2) is 23.4 Å². The van der Waals surface area contributed by atoms with Crippen LogP contribution >= 0.6 is 11.8 Å². The van der Waals surface area contributed by atoms with Crippen molar-refractivity contribution in [2.45, 2.75) is 6.42 Å². The molecule has 82 valence electrons. The van der Waals surface area contributed by atoms with E-state index in [-0.39, 0.29) is 0 Å². The molecule has 0 spiro atoms. The van der Waals surface area contributed by atoms with Crippen LogP contribution in [0.3, 0.4) is 0 Å². The van der Waals surface area contributed by atoms with Crippen LogP contribution < -0.4 is 4.90 Å². The summed E-state index contributed by atoms with van der Waals surface area (Å²) < 4.78 is 0. The highest BCUT2D eigenvalue weighted by molar-refractivity contribution is 8.03. The number of hydrogen-bond donors (Lipinski definition) is 1. The number of carboxylic acid groups (broad SMARTS) is 1. The summed E-state index contributed by atoms with van der Waals surface area (Å²) in [6.45, 7) is 0.911. The van der Waals surface area contributed by atoms with E-state index in [2.05, 4.69) is 11.0 Å². The summed E-state index contributed by atoms with van der Waals surface area (Å²) >= 11 is 1.65. The van der Waals surface area contributed by atoms with Gasteiger partial charge >= 0.3 is 5.97 Å². The number of carboxylic acids is 1. The molecule has 0 saturated carbocycles. The summed E-state index contributed by atoms with van der Waals surface area (Å²) in [5.41, 5.74) is 2.83. The predicted molar refractivity (Wildman–Crippen MR) is 64.6 cm³/mol. The molecular formula is C12H11NO2S. The fraction of sp³-hybridized carbons (Fsp3) is 0.250. The summed E-state index contributed by atoms with van der Waals surface area (Å²) in [6, 6.07) is 8.05. The van der Waals surface area contributed by atoms with Gasteiger partial charge in [-0.2, -0.15) is 0 Å². The van der Waals surface area contributed by atoms with E-state index in [9.17, 15) is 9.90 Å². The summed E-state index contributed by atoms with van der Waals surface area (Å²) in [4.78, 5) is 13.3. The number of aliphatic carboxylic acids is 1. The van der Waals surface area contributed by atoms with Crippen molar-refractivity contribution in [1.29, 1.82) is 0 Å². The van der Waals surface area contributed by atoms with Gasteiger partial charge in [-0.15, -0.1) is 11.8 Å². The van der Waals surface area contributed by atoms with Crippen molar-refractivity contribution in [2.75, 3.05) is 17.2 Å². The zero-order valence-corrected chi connectivity index (χ0v) is 9.46. The number of hydrogen-bond acceptors (Lipinski definition) is 3. The molecule has 0 unspecified atom stereocenters. The smallest absolute Gasteiger partial charge is 0.334 e. The van der Waals surface area contributed by atoms with Crippen molar-refractivity contribution < 1.29 is 9.90 Å². The van der Waals surface area contributed by atoms with Gasteiger partial charge in [0.05, 0.1) is 10.6 Å². The lowest BCUT2D eigenvalue weighted by atomic mass is 9.99. The maximum Gasteiger partial charge on any atom is 0.334 e. The molecule has 0 aliphatic carbocycles. The highest BCUT2D eigenvalue weighted by atomic mass is 32.2. The lowest BCUT2D eigenvalue weighted by molar-refractivity contribution is -0.132. The molecule has 2 heterocycles. The fourth-order valence-corrected chi connectivity index (χ4v) is 3.40. The minimum atomic E-state index is -0.788. The molecule has 0 amide bonds. The minimum Gasteiger partial charge on any atom is -0.478 e. The molecule has 1 saturated heterocycles. The van der Waals surface area contributed by atoms with Gasteiger partial charge in [-0.3, -0.25) is 0 Å². The molecule has 3 rings (SSSR count). The van der Waals surface area contributed by atoms with Crippen molar-refractivity contribution in [2.24, 2.45) is 0 Å². The van der Waals surface area contributed by atoms with E-state index in [1.165, 1.54) is 5.69 Å². The zero-order chi connectivity index (χ0) is 11.1. The molecule has 16 heavy (non-hydrogen) atoms. The molecule has 4 heteroatoms. The average molecular weight is 233 g/mol. The van der Waals surface area contributed by atoms with Crippen LogP contribution in [0.4, 0.5) is 5.69 Å². The molecule has 0 bridgehead atoms. The van der Waals surface area contributed by atoms with Crippen molar-refractivity contribution in [3.8, 4) is 0 Å². The highest BCUT2D eigenvalue weighted by Gasteiger charge is 2.31.